The Labute approximate surface area is 201 Å². The molecule has 3 heterocycles. The number of anilines is 1. The highest BCUT2D eigenvalue weighted by molar-refractivity contribution is 6.38. The monoisotopic (exact) mass is 502 g/mol. The van der Waals surface area contributed by atoms with Crippen LogP contribution >= 0.6 is 34.8 Å². The van der Waals surface area contributed by atoms with E-state index in [4.69, 9.17) is 34.8 Å². The predicted octanol–water partition coefficient (Wildman–Crippen LogP) is 5.93. The number of nitrogens with one attached hydrogen (secondary N) is 2. The zero-order chi connectivity index (χ0) is 23.3. The van der Waals surface area contributed by atoms with Crippen molar-refractivity contribution in [2.45, 2.75) is 13.0 Å². The summed E-state index contributed by atoms with van der Waals surface area (Å²) < 4.78 is 15.6. The maximum Gasteiger partial charge on any atom is 0.264 e. The van der Waals surface area contributed by atoms with Gasteiger partial charge >= 0.3 is 0 Å². The third-order valence-corrected chi connectivity index (χ3v) is 6.26. The summed E-state index contributed by atoms with van der Waals surface area (Å²) in [4.78, 5) is 29.3. The lowest BCUT2D eigenvalue weighted by atomic mass is 10.1. The van der Waals surface area contributed by atoms with Crippen LogP contribution in [0.4, 0.5) is 10.2 Å². The summed E-state index contributed by atoms with van der Waals surface area (Å²) in [5, 5.41) is 4.01. The minimum absolute atomic E-state index is 0.0281. The van der Waals surface area contributed by atoms with Crippen LogP contribution in [0, 0.1) is 5.82 Å². The lowest BCUT2D eigenvalue weighted by Crippen LogP contribution is -2.26. The Hall–Kier alpha value is -3.20. The number of hydrogen-bond acceptors (Lipinski definition) is 5. The molecule has 5 rings (SSSR count). The number of hydrogen-bond donors (Lipinski definition) is 2. The zero-order valence-corrected chi connectivity index (χ0v) is 19.2. The summed E-state index contributed by atoms with van der Waals surface area (Å²) in [6.45, 7) is 1.84. The summed E-state index contributed by atoms with van der Waals surface area (Å²) in [7, 11) is 0. The molecule has 0 saturated heterocycles. The predicted molar refractivity (Wildman–Crippen MR) is 128 cm³/mol. The molecule has 1 atom stereocenters. The van der Waals surface area contributed by atoms with Crippen molar-refractivity contribution in [1.82, 2.24) is 24.5 Å². The number of pyridine rings is 1. The Kier molecular flexibility index (Phi) is 5.44. The van der Waals surface area contributed by atoms with Crippen LogP contribution in [0.15, 0.2) is 53.8 Å². The number of rotatable bonds is 4. The molecular weight excluding hydrogens is 490 g/mol. The average Bonchev–Trinajstić information content (AvgIpc) is 3.27. The van der Waals surface area contributed by atoms with E-state index in [1.54, 1.807) is 24.3 Å². The van der Waals surface area contributed by atoms with E-state index in [-0.39, 0.29) is 26.1 Å². The van der Waals surface area contributed by atoms with Crippen molar-refractivity contribution in [3.63, 3.8) is 0 Å². The molecule has 0 saturated carbocycles. The maximum atomic E-state index is 14.2. The average molecular weight is 504 g/mol. The number of para-hydroxylation sites is 1. The van der Waals surface area contributed by atoms with Gasteiger partial charge in [-0.1, -0.05) is 46.9 Å². The Balaban J connectivity index is 1.78. The van der Waals surface area contributed by atoms with Crippen LogP contribution in [0.5, 0.6) is 0 Å². The molecule has 0 spiro atoms. The zero-order valence-electron chi connectivity index (χ0n) is 16.9. The number of aromatic amines is 1. The second-order valence-corrected chi connectivity index (χ2v) is 8.49. The normalized spacial score (nSPS) is 12.4. The fourth-order valence-electron chi connectivity index (χ4n) is 3.76. The fraction of sp³-hybridized carbons (Fsp3) is 0.0909. The Bertz CT molecular complexity index is 1580. The van der Waals surface area contributed by atoms with E-state index < -0.39 is 17.4 Å². The topological polar surface area (TPSA) is 88.5 Å². The van der Waals surface area contributed by atoms with Crippen LogP contribution in [-0.4, -0.2) is 24.5 Å². The van der Waals surface area contributed by atoms with Gasteiger partial charge in [0.25, 0.3) is 5.56 Å². The van der Waals surface area contributed by atoms with Gasteiger partial charge in [-0.25, -0.2) is 19.3 Å². The molecular formula is C22H14Cl3FN6O. The van der Waals surface area contributed by atoms with Crippen molar-refractivity contribution in [1.29, 1.82) is 0 Å². The second-order valence-electron chi connectivity index (χ2n) is 7.29. The van der Waals surface area contributed by atoms with Crippen molar-refractivity contribution in [3.8, 4) is 5.69 Å². The molecule has 1 unspecified atom stereocenters. The first-order valence-corrected chi connectivity index (χ1v) is 10.9. The van der Waals surface area contributed by atoms with E-state index in [2.05, 4.69) is 25.3 Å². The summed E-state index contributed by atoms with van der Waals surface area (Å²) in [6, 6.07) is 8.89. The lowest BCUT2D eigenvalue weighted by Gasteiger charge is -2.22. The summed E-state index contributed by atoms with van der Waals surface area (Å²) >= 11 is 19.1. The minimum atomic E-state index is -0.695. The fourth-order valence-corrected chi connectivity index (χ4v) is 4.58. The largest absolute Gasteiger partial charge is 0.360 e. The van der Waals surface area contributed by atoms with Crippen molar-refractivity contribution >= 4 is 62.6 Å². The molecule has 11 heteroatoms. The second kappa shape index (κ2) is 8.30. The van der Waals surface area contributed by atoms with Crippen LogP contribution in [-0.2, 0) is 0 Å². The van der Waals surface area contributed by atoms with Crippen LogP contribution in [0.1, 0.15) is 18.7 Å². The van der Waals surface area contributed by atoms with E-state index in [9.17, 15) is 9.18 Å². The molecule has 0 radical (unpaired) electrons. The highest BCUT2D eigenvalue weighted by Crippen LogP contribution is 2.33. The Morgan fingerprint density at radius 2 is 1.85 bits per heavy atom. The molecule has 33 heavy (non-hydrogen) atoms. The molecule has 3 aromatic heterocycles. The van der Waals surface area contributed by atoms with Gasteiger partial charge in [0.1, 0.15) is 17.7 Å². The van der Waals surface area contributed by atoms with Gasteiger partial charge in [-0.05, 0) is 36.6 Å². The Morgan fingerprint density at radius 3 is 2.61 bits per heavy atom. The summed E-state index contributed by atoms with van der Waals surface area (Å²) in [5.74, 6) is -0.228. The lowest BCUT2D eigenvalue weighted by molar-refractivity contribution is 0.629. The molecule has 7 nitrogen and oxygen atoms in total. The van der Waals surface area contributed by atoms with E-state index in [0.717, 1.165) is 0 Å². The number of imidazole rings is 1. The number of nitrogens with zero attached hydrogens (tertiary/aromatic N) is 4. The molecule has 0 amide bonds. The molecule has 0 fully saturated rings. The van der Waals surface area contributed by atoms with Gasteiger partial charge in [0.05, 0.1) is 38.5 Å². The molecule has 0 aliphatic heterocycles. The Morgan fingerprint density at radius 1 is 1.09 bits per heavy atom. The number of halogens is 4. The van der Waals surface area contributed by atoms with Crippen molar-refractivity contribution in [3.05, 3.63) is 86.0 Å². The van der Waals surface area contributed by atoms with E-state index >= 15 is 0 Å². The number of benzene rings is 2. The van der Waals surface area contributed by atoms with Gasteiger partial charge < -0.3 is 10.3 Å². The van der Waals surface area contributed by atoms with E-state index in [1.807, 2.05) is 6.92 Å². The van der Waals surface area contributed by atoms with Crippen molar-refractivity contribution < 1.29 is 4.39 Å². The van der Waals surface area contributed by atoms with Gasteiger partial charge in [0, 0.05) is 5.69 Å². The molecule has 2 N–H and O–H groups in total. The van der Waals surface area contributed by atoms with Crippen molar-refractivity contribution in [2.24, 2.45) is 0 Å². The van der Waals surface area contributed by atoms with E-state index in [0.29, 0.717) is 28.1 Å². The first-order valence-electron chi connectivity index (χ1n) is 9.75. The van der Waals surface area contributed by atoms with E-state index in [1.165, 1.54) is 29.4 Å². The maximum absolute atomic E-state index is 14.2. The molecule has 5 aromatic rings. The van der Waals surface area contributed by atoms with Gasteiger partial charge in [0.2, 0.25) is 0 Å². The smallest absolute Gasteiger partial charge is 0.264 e. The summed E-state index contributed by atoms with van der Waals surface area (Å²) in [6.07, 6.45) is 2.91. The number of fused-ring (bicyclic) bond motifs is 2. The third kappa shape index (κ3) is 3.60. The number of aromatic nitrogens is 5. The SMILES string of the molecule is CC(Nc1ncnc2[nH]cnc12)c1cc2ccc(F)c(Cl)c2c(=O)n1-c1c(Cl)cccc1Cl. The molecule has 0 aliphatic carbocycles. The van der Waals surface area contributed by atoms with Crippen LogP contribution in [0.25, 0.3) is 27.6 Å². The van der Waals surface area contributed by atoms with Crippen LogP contribution in [0.2, 0.25) is 15.1 Å². The van der Waals surface area contributed by atoms with Crippen molar-refractivity contribution in [2.75, 3.05) is 5.32 Å². The quantitative estimate of drug-likeness (QED) is 0.317. The molecule has 0 bridgehead atoms. The van der Waals surface area contributed by atoms with Crippen LogP contribution < -0.4 is 10.9 Å². The first-order chi connectivity index (χ1) is 15.9. The van der Waals surface area contributed by atoms with Gasteiger partial charge in [0.15, 0.2) is 11.5 Å². The summed E-state index contributed by atoms with van der Waals surface area (Å²) in [5.41, 5.74) is 1.33. The molecule has 166 valence electrons. The standard InChI is InChI=1S/C22H14Cl3FN6O/c1-10(31-21-18-20(28-8-27-18)29-9-30-21)15-7-11-5-6-14(26)17(25)16(11)22(33)32(15)19-12(23)3-2-4-13(19)24/h2-10H,1H3,(H2,27,28,29,30,31). The highest BCUT2D eigenvalue weighted by atomic mass is 35.5. The first kappa shape index (κ1) is 21.6. The van der Waals surface area contributed by atoms with Gasteiger partial charge in [-0.2, -0.15) is 0 Å². The molecule has 0 aliphatic rings. The highest BCUT2D eigenvalue weighted by Gasteiger charge is 2.23. The van der Waals surface area contributed by atoms with Gasteiger partial charge in [-0.15, -0.1) is 0 Å². The van der Waals surface area contributed by atoms with Crippen LogP contribution in [0.3, 0.4) is 0 Å². The van der Waals surface area contributed by atoms with Gasteiger partial charge in [-0.3, -0.25) is 9.36 Å². The minimum Gasteiger partial charge on any atom is -0.360 e. The third-order valence-electron chi connectivity index (χ3n) is 5.28. The number of H-pyrrole nitrogens is 1. The molecule has 2 aromatic carbocycles.